The van der Waals surface area contributed by atoms with Gasteiger partial charge in [0.05, 0.1) is 0 Å². The predicted molar refractivity (Wildman–Crippen MR) is 50.9 cm³/mol. The van der Waals surface area contributed by atoms with Gasteiger partial charge in [-0.3, -0.25) is 0 Å². The number of benzene rings is 1. The zero-order chi connectivity index (χ0) is 8.97. The number of halogens is 1. The first-order chi connectivity index (χ1) is 5.74. The minimum Gasteiger partial charge on any atom is -0.330 e. The van der Waals surface area contributed by atoms with Crippen LogP contribution in [0.3, 0.4) is 0 Å². The summed E-state index contributed by atoms with van der Waals surface area (Å²) in [6.45, 7) is 2.42. The minimum absolute atomic E-state index is 0.146. The molecule has 0 radical (unpaired) electrons. The van der Waals surface area contributed by atoms with Gasteiger partial charge in [-0.25, -0.2) is 4.39 Å². The van der Waals surface area contributed by atoms with Crippen LogP contribution in [0.25, 0.3) is 0 Å². The number of nitrogens with two attached hydrogens (primary N) is 1. The summed E-state index contributed by atoms with van der Waals surface area (Å²) in [4.78, 5) is 1.08. The van der Waals surface area contributed by atoms with Crippen molar-refractivity contribution in [2.75, 3.05) is 12.3 Å². The summed E-state index contributed by atoms with van der Waals surface area (Å²) in [5.41, 5.74) is 6.04. The molecule has 1 rings (SSSR count). The molecule has 66 valence electrons. The Balaban J connectivity index is 2.69. The van der Waals surface area contributed by atoms with Gasteiger partial charge < -0.3 is 5.73 Å². The van der Waals surface area contributed by atoms with Crippen LogP contribution in [0.15, 0.2) is 23.1 Å². The maximum Gasteiger partial charge on any atom is 0.126 e. The second-order valence-electron chi connectivity index (χ2n) is 2.55. The number of rotatable bonds is 3. The Morgan fingerprint density at radius 3 is 2.83 bits per heavy atom. The second-order valence-corrected chi connectivity index (χ2v) is 3.72. The lowest BCUT2D eigenvalue weighted by molar-refractivity contribution is 0.617. The minimum atomic E-state index is -0.146. The molecule has 0 heterocycles. The van der Waals surface area contributed by atoms with E-state index in [4.69, 9.17) is 5.73 Å². The molecule has 2 N–H and O–H groups in total. The van der Waals surface area contributed by atoms with Crippen LogP contribution in [-0.4, -0.2) is 12.3 Å². The van der Waals surface area contributed by atoms with E-state index in [9.17, 15) is 4.39 Å². The SMILES string of the molecule is Cc1cc(SCCN)ccc1F. The summed E-state index contributed by atoms with van der Waals surface area (Å²) in [7, 11) is 0. The van der Waals surface area contributed by atoms with E-state index in [0.717, 1.165) is 10.6 Å². The smallest absolute Gasteiger partial charge is 0.126 e. The summed E-state index contributed by atoms with van der Waals surface area (Å²) in [5, 5.41) is 0. The molecule has 0 saturated heterocycles. The van der Waals surface area contributed by atoms with Gasteiger partial charge in [0.25, 0.3) is 0 Å². The summed E-state index contributed by atoms with van der Waals surface area (Å²) in [6.07, 6.45) is 0. The highest BCUT2D eigenvalue weighted by atomic mass is 32.2. The van der Waals surface area contributed by atoms with Crippen molar-refractivity contribution in [3.63, 3.8) is 0 Å². The van der Waals surface area contributed by atoms with Crippen molar-refractivity contribution < 1.29 is 4.39 Å². The van der Waals surface area contributed by atoms with Crippen molar-refractivity contribution in [1.29, 1.82) is 0 Å². The van der Waals surface area contributed by atoms with Crippen LogP contribution in [0.2, 0.25) is 0 Å². The Labute approximate surface area is 76.2 Å². The van der Waals surface area contributed by atoms with E-state index in [2.05, 4.69) is 0 Å². The van der Waals surface area contributed by atoms with Gasteiger partial charge >= 0.3 is 0 Å². The highest BCUT2D eigenvalue weighted by molar-refractivity contribution is 7.99. The average Bonchev–Trinajstić information content (AvgIpc) is 2.07. The zero-order valence-corrected chi connectivity index (χ0v) is 7.83. The third-order valence-corrected chi connectivity index (χ3v) is 2.54. The lowest BCUT2D eigenvalue weighted by atomic mass is 10.2. The van der Waals surface area contributed by atoms with Crippen molar-refractivity contribution in [1.82, 2.24) is 0 Å². The molecular formula is C9H12FNS. The number of hydrogen-bond donors (Lipinski definition) is 1. The maximum atomic E-state index is 12.8. The van der Waals surface area contributed by atoms with Crippen LogP contribution < -0.4 is 5.73 Å². The van der Waals surface area contributed by atoms with E-state index >= 15 is 0 Å². The molecule has 0 aliphatic carbocycles. The Bertz CT molecular complexity index is 263. The molecule has 3 heteroatoms. The number of hydrogen-bond acceptors (Lipinski definition) is 2. The fraction of sp³-hybridized carbons (Fsp3) is 0.333. The third kappa shape index (κ3) is 2.50. The average molecular weight is 185 g/mol. The number of aryl methyl sites for hydroxylation is 1. The molecule has 0 aliphatic heterocycles. The van der Waals surface area contributed by atoms with Crippen LogP contribution in [0.1, 0.15) is 5.56 Å². The molecule has 0 aliphatic rings. The van der Waals surface area contributed by atoms with Crippen molar-refractivity contribution in [2.24, 2.45) is 5.73 Å². The highest BCUT2D eigenvalue weighted by Gasteiger charge is 1.98. The summed E-state index contributed by atoms with van der Waals surface area (Å²) in [5.74, 6) is 0.734. The largest absolute Gasteiger partial charge is 0.330 e. The summed E-state index contributed by atoms with van der Waals surface area (Å²) < 4.78 is 12.8. The normalized spacial score (nSPS) is 10.2. The second kappa shape index (κ2) is 4.48. The molecule has 1 aromatic rings. The number of thioether (sulfide) groups is 1. The van der Waals surface area contributed by atoms with Crippen LogP contribution >= 0.6 is 11.8 Å². The molecular weight excluding hydrogens is 173 g/mol. The van der Waals surface area contributed by atoms with Gasteiger partial charge in [-0.15, -0.1) is 11.8 Å². The van der Waals surface area contributed by atoms with E-state index < -0.39 is 0 Å². The molecule has 1 nitrogen and oxygen atoms in total. The van der Waals surface area contributed by atoms with Gasteiger partial charge in [0.15, 0.2) is 0 Å². The van der Waals surface area contributed by atoms with E-state index in [-0.39, 0.29) is 5.82 Å². The Morgan fingerprint density at radius 2 is 2.25 bits per heavy atom. The van der Waals surface area contributed by atoms with Crippen molar-refractivity contribution in [3.8, 4) is 0 Å². The lowest BCUT2D eigenvalue weighted by Gasteiger charge is -2.01. The molecule has 12 heavy (non-hydrogen) atoms. The van der Waals surface area contributed by atoms with Gasteiger partial charge in [-0.2, -0.15) is 0 Å². The Kier molecular flexibility index (Phi) is 3.56. The van der Waals surface area contributed by atoms with E-state index in [1.807, 2.05) is 6.07 Å². The summed E-state index contributed by atoms with van der Waals surface area (Å²) >= 11 is 1.65. The van der Waals surface area contributed by atoms with Crippen LogP contribution in [-0.2, 0) is 0 Å². The first-order valence-electron chi connectivity index (χ1n) is 3.83. The lowest BCUT2D eigenvalue weighted by Crippen LogP contribution is -2.00. The van der Waals surface area contributed by atoms with E-state index in [0.29, 0.717) is 12.1 Å². The van der Waals surface area contributed by atoms with Crippen LogP contribution in [0.5, 0.6) is 0 Å². The van der Waals surface area contributed by atoms with Gasteiger partial charge in [0, 0.05) is 17.2 Å². The fourth-order valence-corrected chi connectivity index (χ4v) is 1.66. The quantitative estimate of drug-likeness (QED) is 0.730. The van der Waals surface area contributed by atoms with Crippen molar-refractivity contribution >= 4 is 11.8 Å². The Hall–Kier alpha value is -0.540. The molecule has 0 aromatic heterocycles. The first kappa shape index (κ1) is 9.55. The monoisotopic (exact) mass is 185 g/mol. The Morgan fingerprint density at radius 1 is 1.50 bits per heavy atom. The standard InChI is InChI=1S/C9H12FNS/c1-7-6-8(12-5-4-11)2-3-9(7)10/h2-3,6H,4-5,11H2,1H3. The van der Waals surface area contributed by atoms with Crippen LogP contribution in [0.4, 0.5) is 4.39 Å². The molecule has 0 fully saturated rings. The molecule has 0 amide bonds. The van der Waals surface area contributed by atoms with E-state index in [1.54, 1.807) is 24.8 Å². The fourth-order valence-electron chi connectivity index (χ4n) is 0.884. The molecule has 0 spiro atoms. The van der Waals surface area contributed by atoms with Crippen molar-refractivity contribution in [2.45, 2.75) is 11.8 Å². The zero-order valence-electron chi connectivity index (χ0n) is 7.01. The van der Waals surface area contributed by atoms with Crippen LogP contribution in [0, 0.1) is 12.7 Å². The highest BCUT2D eigenvalue weighted by Crippen LogP contribution is 2.19. The van der Waals surface area contributed by atoms with Gasteiger partial charge in [-0.1, -0.05) is 0 Å². The van der Waals surface area contributed by atoms with Gasteiger partial charge in [-0.05, 0) is 30.7 Å². The topological polar surface area (TPSA) is 26.0 Å². The van der Waals surface area contributed by atoms with Crippen molar-refractivity contribution in [3.05, 3.63) is 29.6 Å². The van der Waals surface area contributed by atoms with E-state index in [1.165, 1.54) is 6.07 Å². The third-order valence-electron chi connectivity index (χ3n) is 1.52. The predicted octanol–water partition coefficient (Wildman–Crippen LogP) is 2.18. The van der Waals surface area contributed by atoms with Gasteiger partial charge in [0.2, 0.25) is 0 Å². The molecule has 0 saturated carbocycles. The molecule has 1 aromatic carbocycles. The summed E-state index contributed by atoms with van der Waals surface area (Å²) in [6, 6.07) is 5.12. The van der Waals surface area contributed by atoms with Gasteiger partial charge in [0.1, 0.15) is 5.82 Å². The molecule has 0 bridgehead atoms. The maximum absolute atomic E-state index is 12.8. The molecule has 0 atom stereocenters. The molecule has 0 unspecified atom stereocenters. The first-order valence-corrected chi connectivity index (χ1v) is 4.81.